The van der Waals surface area contributed by atoms with Gasteiger partial charge in [0.25, 0.3) is 5.89 Å². The molecule has 3 rings (SSSR count). The third kappa shape index (κ3) is 3.74. The van der Waals surface area contributed by atoms with E-state index in [2.05, 4.69) is 15.5 Å². The molecular formula is C14H15Cl2N3O2. The van der Waals surface area contributed by atoms with Gasteiger partial charge in [-0.2, -0.15) is 4.98 Å². The first-order chi connectivity index (χ1) is 10.2. The molecule has 21 heavy (non-hydrogen) atoms. The summed E-state index contributed by atoms with van der Waals surface area (Å²) in [6.07, 6.45) is 2.27. The molecule has 1 aliphatic rings. The average Bonchev–Trinajstić information content (AvgIpc) is 2.98. The molecule has 0 saturated carbocycles. The first-order valence-electron chi connectivity index (χ1n) is 6.83. The Kier molecular flexibility index (Phi) is 4.75. The highest BCUT2D eigenvalue weighted by atomic mass is 35.5. The number of nitrogens with zero attached hydrogens (tertiary/aromatic N) is 2. The van der Waals surface area contributed by atoms with Gasteiger partial charge in [0.05, 0.1) is 16.1 Å². The minimum absolute atomic E-state index is 0.256. The molecule has 0 amide bonds. The van der Waals surface area contributed by atoms with Crippen molar-refractivity contribution in [3.63, 3.8) is 0 Å². The lowest BCUT2D eigenvalue weighted by Gasteiger charge is -2.21. The number of benzene rings is 1. The van der Waals surface area contributed by atoms with E-state index < -0.39 is 0 Å². The van der Waals surface area contributed by atoms with Crippen molar-refractivity contribution < 1.29 is 9.26 Å². The van der Waals surface area contributed by atoms with Crippen LogP contribution in [-0.2, 0) is 11.3 Å². The van der Waals surface area contributed by atoms with Crippen LogP contribution in [0, 0.1) is 0 Å². The van der Waals surface area contributed by atoms with Gasteiger partial charge in [-0.25, -0.2) is 0 Å². The molecule has 1 N–H and O–H groups in total. The maximum Gasteiger partial charge on any atom is 0.252 e. The summed E-state index contributed by atoms with van der Waals surface area (Å²) < 4.78 is 11.0. The van der Waals surface area contributed by atoms with Crippen LogP contribution in [0.25, 0.3) is 11.4 Å². The zero-order chi connectivity index (χ0) is 14.7. The van der Waals surface area contributed by atoms with Crippen LogP contribution < -0.4 is 5.32 Å². The minimum Gasteiger partial charge on any atom is -0.368 e. The second-order valence-corrected chi connectivity index (χ2v) is 5.72. The monoisotopic (exact) mass is 327 g/mol. The van der Waals surface area contributed by atoms with Gasteiger partial charge < -0.3 is 14.6 Å². The van der Waals surface area contributed by atoms with E-state index in [4.69, 9.17) is 32.5 Å². The highest BCUT2D eigenvalue weighted by Crippen LogP contribution is 2.27. The largest absolute Gasteiger partial charge is 0.368 e. The van der Waals surface area contributed by atoms with Crippen molar-refractivity contribution in [2.24, 2.45) is 0 Å². The molecule has 2 heterocycles. The molecule has 0 spiro atoms. The Labute approximate surface area is 132 Å². The number of ether oxygens (including phenoxy) is 1. The van der Waals surface area contributed by atoms with E-state index in [0.717, 1.165) is 31.5 Å². The van der Waals surface area contributed by atoms with Gasteiger partial charge >= 0.3 is 0 Å². The van der Waals surface area contributed by atoms with Crippen LogP contribution in [0.4, 0.5) is 0 Å². The molecule has 1 saturated heterocycles. The van der Waals surface area contributed by atoms with Crippen LogP contribution in [0.1, 0.15) is 18.7 Å². The van der Waals surface area contributed by atoms with Crippen molar-refractivity contribution in [2.75, 3.05) is 13.1 Å². The van der Waals surface area contributed by atoms with Gasteiger partial charge in [0, 0.05) is 5.56 Å². The topological polar surface area (TPSA) is 60.2 Å². The molecule has 2 aromatic rings. The van der Waals surface area contributed by atoms with Gasteiger partial charge in [0.1, 0.15) is 6.61 Å². The Morgan fingerprint density at radius 3 is 2.81 bits per heavy atom. The summed E-state index contributed by atoms with van der Waals surface area (Å²) in [5.41, 5.74) is 0.765. The van der Waals surface area contributed by atoms with Crippen LogP contribution in [0.5, 0.6) is 0 Å². The van der Waals surface area contributed by atoms with Gasteiger partial charge in [0.2, 0.25) is 5.82 Å². The van der Waals surface area contributed by atoms with E-state index in [1.165, 1.54) is 0 Å². The average molecular weight is 328 g/mol. The molecule has 0 radical (unpaired) electrons. The second kappa shape index (κ2) is 6.75. The lowest BCUT2D eigenvalue weighted by molar-refractivity contribution is 0.00859. The Morgan fingerprint density at radius 2 is 2.05 bits per heavy atom. The standard InChI is InChI=1S/C14H15Cl2N3O2/c15-11-2-1-9(7-12(11)16)14-18-13(21-19-14)8-20-10-3-5-17-6-4-10/h1-2,7,10,17H,3-6,8H2. The van der Waals surface area contributed by atoms with Crippen LogP contribution in [0.2, 0.25) is 10.0 Å². The highest BCUT2D eigenvalue weighted by Gasteiger charge is 2.16. The predicted molar refractivity (Wildman–Crippen MR) is 80.4 cm³/mol. The number of nitrogens with one attached hydrogen (secondary N) is 1. The van der Waals surface area contributed by atoms with E-state index in [1.54, 1.807) is 18.2 Å². The van der Waals surface area contributed by atoms with Gasteiger partial charge in [-0.3, -0.25) is 0 Å². The molecular weight excluding hydrogens is 313 g/mol. The fourth-order valence-electron chi connectivity index (χ4n) is 2.22. The maximum atomic E-state index is 5.98. The number of halogens is 2. The SMILES string of the molecule is Clc1ccc(-c2noc(COC3CCNCC3)n2)cc1Cl. The normalized spacial score (nSPS) is 16.3. The van der Waals surface area contributed by atoms with Crippen LogP contribution in [0.15, 0.2) is 22.7 Å². The van der Waals surface area contributed by atoms with E-state index in [1.807, 2.05) is 0 Å². The van der Waals surface area contributed by atoms with Crippen LogP contribution >= 0.6 is 23.2 Å². The van der Waals surface area contributed by atoms with Crippen molar-refractivity contribution >= 4 is 23.2 Å². The predicted octanol–water partition coefficient (Wildman–Crippen LogP) is 3.31. The first kappa shape index (κ1) is 14.8. The number of rotatable bonds is 4. The quantitative estimate of drug-likeness (QED) is 0.933. The molecule has 0 aliphatic carbocycles. The summed E-state index contributed by atoms with van der Waals surface area (Å²) in [6.45, 7) is 2.31. The van der Waals surface area contributed by atoms with Crippen molar-refractivity contribution in [3.05, 3.63) is 34.1 Å². The molecule has 1 fully saturated rings. The molecule has 1 aromatic carbocycles. The summed E-state index contributed by atoms with van der Waals surface area (Å²) in [7, 11) is 0. The van der Waals surface area contributed by atoms with Crippen molar-refractivity contribution in [3.8, 4) is 11.4 Å². The van der Waals surface area contributed by atoms with Crippen molar-refractivity contribution in [2.45, 2.75) is 25.6 Å². The fraction of sp³-hybridized carbons (Fsp3) is 0.429. The minimum atomic E-state index is 0.256. The molecule has 7 heteroatoms. The molecule has 1 aliphatic heterocycles. The number of hydrogen-bond acceptors (Lipinski definition) is 5. The van der Waals surface area contributed by atoms with Crippen molar-refractivity contribution in [1.82, 2.24) is 15.5 Å². The Hall–Kier alpha value is -1.14. The zero-order valence-electron chi connectivity index (χ0n) is 11.3. The first-order valence-corrected chi connectivity index (χ1v) is 7.58. The lowest BCUT2D eigenvalue weighted by Crippen LogP contribution is -2.32. The fourth-order valence-corrected chi connectivity index (χ4v) is 2.52. The Morgan fingerprint density at radius 1 is 1.24 bits per heavy atom. The smallest absolute Gasteiger partial charge is 0.252 e. The summed E-state index contributed by atoms with van der Waals surface area (Å²) in [5, 5.41) is 8.20. The molecule has 0 unspecified atom stereocenters. The van der Waals surface area contributed by atoms with Crippen molar-refractivity contribution in [1.29, 1.82) is 0 Å². The van der Waals surface area contributed by atoms with E-state index in [0.29, 0.717) is 28.4 Å². The Bertz CT molecular complexity index is 612. The number of aromatic nitrogens is 2. The van der Waals surface area contributed by atoms with Gasteiger partial charge in [-0.05, 0) is 44.1 Å². The summed E-state index contributed by atoms with van der Waals surface area (Å²) in [5.74, 6) is 0.951. The zero-order valence-corrected chi connectivity index (χ0v) is 12.8. The molecule has 5 nitrogen and oxygen atoms in total. The molecule has 0 bridgehead atoms. The lowest BCUT2D eigenvalue weighted by atomic mass is 10.1. The van der Waals surface area contributed by atoms with E-state index >= 15 is 0 Å². The third-order valence-corrected chi connectivity index (χ3v) is 4.11. The van der Waals surface area contributed by atoms with Crippen LogP contribution in [-0.4, -0.2) is 29.3 Å². The molecule has 1 aromatic heterocycles. The highest BCUT2D eigenvalue weighted by molar-refractivity contribution is 6.42. The van der Waals surface area contributed by atoms with Gasteiger partial charge in [0.15, 0.2) is 0 Å². The summed E-state index contributed by atoms with van der Waals surface area (Å²) >= 11 is 11.9. The van der Waals surface area contributed by atoms with E-state index in [-0.39, 0.29) is 6.10 Å². The Balaban J connectivity index is 1.63. The second-order valence-electron chi connectivity index (χ2n) is 4.90. The van der Waals surface area contributed by atoms with Crippen LogP contribution in [0.3, 0.4) is 0 Å². The number of piperidine rings is 1. The molecule has 112 valence electrons. The van der Waals surface area contributed by atoms with E-state index in [9.17, 15) is 0 Å². The maximum absolute atomic E-state index is 5.98. The number of hydrogen-bond donors (Lipinski definition) is 1. The summed E-state index contributed by atoms with van der Waals surface area (Å²) in [6, 6.07) is 5.23. The van der Waals surface area contributed by atoms with Gasteiger partial charge in [-0.15, -0.1) is 0 Å². The molecule has 0 atom stereocenters. The van der Waals surface area contributed by atoms with Gasteiger partial charge in [-0.1, -0.05) is 28.4 Å². The third-order valence-electron chi connectivity index (χ3n) is 3.37. The summed E-state index contributed by atoms with van der Waals surface area (Å²) in [4.78, 5) is 4.32.